The number of aliphatic hydroxyl groups is 1. The van der Waals surface area contributed by atoms with E-state index in [-0.39, 0.29) is 17.2 Å². The van der Waals surface area contributed by atoms with Crippen molar-refractivity contribution in [2.45, 2.75) is 17.9 Å². The van der Waals surface area contributed by atoms with E-state index in [0.717, 1.165) is 10.4 Å². The standard InChI is InChI=1S/C10H15N3O5S/c1-7(6-14)12(2)19(17,18)8-3-4-9(11)10(5-8)13(15)16/h3-5,7,14H,6,11H2,1-2H3. The van der Waals surface area contributed by atoms with Crippen molar-refractivity contribution in [1.29, 1.82) is 0 Å². The first-order chi connectivity index (χ1) is 8.71. The SMILES string of the molecule is CC(CO)N(C)S(=O)(=O)c1ccc(N)c([N+](=O)[O-])c1. The summed E-state index contributed by atoms with van der Waals surface area (Å²) in [6.07, 6.45) is 0. The summed E-state index contributed by atoms with van der Waals surface area (Å²) in [7, 11) is -2.62. The second-order valence-electron chi connectivity index (χ2n) is 4.03. The summed E-state index contributed by atoms with van der Waals surface area (Å²) in [5.41, 5.74) is 4.83. The molecule has 0 aliphatic heterocycles. The number of nitro groups is 1. The third kappa shape index (κ3) is 3.00. The number of nitro benzene ring substituents is 1. The first-order valence-electron chi connectivity index (χ1n) is 5.34. The third-order valence-electron chi connectivity index (χ3n) is 2.76. The number of hydrogen-bond donors (Lipinski definition) is 2. The van der Waals surface area contributed by atoms with Crippen LogP contribution in [-0.4, -0.2) is 42.4 Å². The fourth-order valence-corrected chi connectivity index (χ4v) is 2.73. The second-order valence-corrected chi connectivity index (χ2v) is 6.03. The maximum Gasteiger partial charge on any atom is 0.293 e. The number of likely N-dealkylation sites (N-methyl/N-ethyl adjacent to an activating group) is 1. The molecule has 8 nitrogen and oxygen atoms in total. The van der Waals surface area contributed by atoms with Crippen molar-refractivity contribution in [3.8, 4) is 0 Å². The molecule has 19 heavy (non-hydrogen) atoms. The van der Waals surface area contributed by atoms with E-state index in [9.17, 15) is 18.5 Å². The maximum absolute atomic E-state index is 12.2. The van der Waals surface area contributed by atoms with Crippen molar-refractivity contribution < 1.29 is 18.4 Å². The van der Waals surface area contributed by atoms with Crippen LogP contribution in [-0.2, 0) is 10.0 Å². The van der Waals surface area contributed by atoms with Gasteiger partial charge in [0.2, 0.25) is 10.0 Å². The Labute approximate surface area is 110 Å². The Morgan fingerprint density at radius 1 is 1.53 bits per heavy atom. The van der Waals surface area contributed by atoms with E-state index in [1.165, 1.54) is 26.1 Å². The average molecular weight is 289 g/mol. The molecule has 0 amide bonds. The molecule has 1 rings (SSSR count). The molecule has 106 valence electrons. The smallest absolute Gasteiger partial charge is 0.293 e. The van der Waals surface area contributed by atoms with Gasteiger partial charge in [0.05, 0.1) is 16.4 Å². The molecule has 0 aliphatic rings. The highest BCUT2D eigenvalue weighted by Gasteiger charge is 2.27. The van der Waals surface area contributed by atoms with Crippen LogP contribution in [0.1, 0.15) is 6.92 Å². The van der Waals surface area contributed by atoms with Crippen LogP contribution in [0, 0.1) is 10.1 Å². The molecular formula is C10H15N3O5S. The molecule has 0 aliphatic carbocycles. The molecule has 0 saturated heterocycles. The van der Waals surface area contributed by atoms with Crippen molar-refractivity contribution in [3.63, 3.8) is 0 Å². The predicted octanol–water partition coefficient (Wildman–Crippen LogP) is 0.178. The van der Waals surface area contributed by atoms with Crippen LogP contribution in [0.5, 0.6) is 0 Å². The third-order valence-corrected chi connectivity index (χ3v) is 4.73. The van der Waals surface area contributed by atoms with Crippen molar-refractivity contribution in [1.82, 2.24) is 4.31 Å². The molecular weight excluding hydrogens is 274 g/mol. The minimum absolute atomic E-state index is 0.109. The van der Waals surface area contributed by atoms with Gasteiger partial charge in [-0.2, -0.15) is 4.31 Å². The Hall–Kier alpha value is -1.71. The average Bonchev–Trinajstić information content (AvgIpc) is 2.36. The molecule has 9 heteroatoms. The van der Waals surface area contributed by atoms with E-state index in [2.05, 4.69) is 0 Å². The summed E-state index contributed by atoms with van der Waals surface area (Å²) in [6, 6.07) is 2.63. The number of benzene rings is 1. The Kier molecular flexibility index (Phi) is 4.45. The summed E-state index contributed by atoms with van der Waals surface area (Å²) in [4.78, 5) is 9.75. The molecule has 0 fully saturated rings. The van der Waals surface area contributed by atoms with Gasteiger partial charge in [0.25, 0.3) is 5.69 Å². The Morgan fingerprint density at radius 3 is 2.58 bits per heavy atom. The van der Waals surface area contributed by atoms with Gasteiger partial charge in [-0.25, -0.2) is 8.42 Å². The van der Waals surface area contributed by atoms with Gasteiger partial charge >= 0.3 is 0 Å². The molecule has 0 heterocycles. The summed E-state index contributed by atoms with van der Waals surface area (Å²) in [5.74, 6) is 0. The summed E-state index contributed by atoms with van der Waals surface area (Å²) < 4.78 is 25.3. The molecule has 1 aromatic rings. The Balaban J connectivity index is 3.30. The van der Waals surface area contributed by atoms with Crippen molar-refractivity contribution >= 4 is 21.4 Å². The largest absolute Gasteiger partial charge is 0.395 e. The van der Waals surface area contributed by atoms with Crippen LogP contribution >= 0.6 is 0 Å². The minimum Gasteiger partial charge on any atom is -0.395 e. The predicted molar refractivity (Wildman–Crippen MR) is 69.0 cm³/mol. The van der Waals surface area contributed by atoms with E-state index in [1.54, 1.807) is 0 Å². The van der Waals surface area contributed by atoms with Crippen LogP contribution in [0.15, 0.2) is 23.1 Å². The molecule has 1 aromatic carbocycles. The molecule has 0 bridgehead atoms. The van der Waals surface area contributed by atoms with Gasteiger partial charge in [-0.1, -0.05) is 0 Å². The highest BCUT2D eigenvalue weighted by molar-refractivity contribution is 7.89. The van der Waals surface area contributed by atoms with Gasteiger partial charge in [-0.05, 0) is 19.1 Å². The minimum atomic E-state index is -3.91. The highest BCUT2D eigenvalue weighted by atomic mass is 32.2. The maximum atomic E-state index is 12.2. The zero-order valence-electron chi connectivity index (χ0n) is 10.5. The van der Waals surface area contributed by atoms with Gasteiger partial charge < -0.3 is 10.8 Å². The summed E-state index contributed by atoms with van der Waals surface area (Å²) >= 11 is 0. The van der Waals surface area contributed by atoms with Crippen LogP contribution in [0.3, 0.4) is 0 Å². The number of nitrogens with two attached hydrogens (primary N) is 1. The Morgan fingerprint density at radius 2 is 2.11 bits per heavy atom. The zero-order valence-corrected chi connectivity index (χ0v) is 11.3. The first-order valence-corrected chi connectivity index (χ1v) is 6.78. The highest BCUT2D eigenvalue weighted by Crippen LogP contribution is 2.26. The monoisotopic (exact) mass is 289 g/mol. The fourth-order valence-electron chi connectivity index (χ4n) is 1.36. The number of aliphatic hydroxyl groups excluding tert-OH is 1. The van der Waals surface area contributed by atoms with Crippen LogP contribution < -0.4 is 5.73 Å². The van der Waals surface area contributed by atoms with Crippen molar-refractivity contribution in [2.24, 2.45) is 0 Å². The number of nitrogens with zero attached hydrogens (tertiary/aromatic N) is 2. The van der Waals surface area contributed by atoms with Crippen LogP contribution in [0.25, 0.3) is 0 Å². The van der Waals surface area contributed by atoms with Gasteiger partial charge in [-0.3, -0.25) is 10.1 Å². The molecule has 0 spiro atoms. The second kappa shape index (κ2) is 5.51. The van der Waals surface area contributed by atoms with Crippen LogP contribution in [0.2, 0.25) is 0 Å². The molecule has 0 saturated carbocycles. The lowest BCUT2D eigenvalue weighted by atomic mass is 10.3. The number of nitrogen functional groups attached to an aromatic ring is 1. The van der Waals surface area contributed by atoms with E-state index in [0.29, 0.717) is 0 Å². The Bertz CT molecular complexity index is 587. The topological polar surface area (TPSA) is 127 Å². The quantitative estimate of drug-likeness (QED) is 0.452. The fraction of sp³-hybridized carbons (Fsp3) is 0.400. The zero-order chi connectivity index (χ0) is 14.8. The lowest BCUT2D eigenvalue weighted by Gasteiger charge is -2.22. The van der Waals surface area contributed by atoms with Gasteiger partial charge in [0.1, 0.15) is 5.69 Å². The number of rotatable bonds is 5. The number of anilines is 1. The normalized spacial score (nSPS) is 13.5. The molecule has 0 radical (unpaired) electrons. The summed E-state index contributed by atoms with van der Waals surface area (Å²) in [5, 5.41) is 19.7. The van der Waals surface area contributed by atoms with E-state index < -0.39 is 26.7 Å². The van der Waals surface area contributed by atoms with Gasteiger partial charge in [0, 0.05) is 19.2 Å². The lowest BCUT2D eigenvalue weighted by Crippen LogP contribution is -2.37. The molecule has 3 N–H and O–H groups in total. The van der Waals surface area contributed by atoms with Crippen molar-refractivity contribution in [2.75, 3.05) is 19.4 Å². The molecule has 0 aromatic heterocycles. The summed E-state index contributed by atoms with van der Waals surface area (Å²) in [6.45, 7) is 1.16. The van der Waals surface area contributed by atoms with E-state index in [1.807, 2.05) is 0 Å². The number of hydrogen-bond acceptors (Lipinski definition) is 6. The van der Waals surface area contributed by atoms with E-state index in [4.69, 9.17) is 10.8 Å². The first kappa shape index (κ1) is 15.3. The van der Waals surface area contributed by atoms with Crippen LogP contribution in [0.4, 0.5) is 11.4 Å². The van der Waals surface area contributed by atoms with E-state index >= 15 is 0 Å². The number of sulfonamides is 1. The van der Waals surface area contributed by atoms with Gasteiger partial charge in [0.15, 0.2) is 0 Å². The van der Waals surface area contributed by atoms with Crippen molar-refractivity contribution in [3.05, 3.63) is 28.3 Å². The molecule has 1 atom stereocenters. The molecule has 1 unspecified atom stereocenters. The lowest BCUT2D eigenvalue weighted by molar-refractivity contribution is -0.384. The van der Waals surface area contributed by atoms with Gasteiger partial charge in [-0.15, -0.1) is 0 Å².